The van der Waals surface area contributed by atoms with Crippen LogP contribution in [0.4, 0.5) is 8.78 Å². The Morgan fingerprint density at radius 2 is 2.00 bits per heavy atom. The third-order valence-electron chi connectivity index (χ3n) is 3.11. The molecule has 94 valence electrons. The minimum Gasteiger partial charge on any atom is -0.392 e. The van der Waals surface area contributed by atoms with E-state index in [9.17, 15) is 13.9 Å². The summed E-state index contributed by atoms with van der Waals surface area (Å²) in [6, 6.07) is 3.35. The molecule has 0 bridgehead atoms. The molecule has 2 rings (SSSR count). The van der Waals surface area contributed by atoms with Crippen LogP contribution < -0.4 is 0 Å². The summed E-state index contributed by atoms with van der Waals surface area (Å²) in [4.78, 5) is 0. The standard InChI is InChI=1S/C13H16F2O2/c14-11-4-9(5-12(15)7-11)6-13(16)10-2-1-3-17-8-10/h4-5,7,10,13,16H,1-3,6,8H2. The molecule has 0 spiro atoms. The minimum atomic E-state index is -0.605. The average Bonchev–Trinajstić information content (AvgIpc) is 2.28. The largest absolute Gasteiger partial charge is 0.392 e. The van der Waals surface area contributed by atoms with Gasteiger partial charge >= 0.3 is 0 Å². The van der Waals surface area contributed by atoms with Crippen LogP contribution in [0.1, 0.15) is 18.4 Å². The third kappa shape index (κ3) is 3.48. The first-order valence-corrected chi connectivity index (χ1v) is 5.86. The Balaban J connectivity index is 1.99. The summed E-state index contributed by atoms with van der Waals surface area (Å²) < 4.78 is 31.2. The van der Waals surface area contributed by atoms with E-state index in [1.807, 2.05) is 0 Å². The number of hydrogen-bond donors (Lipinski definition) is 1. The van der Waals surface area contributed by atoms with Gasteiger partial charge in [0.1, 0.15) is 11.6 Å². The zero-order chi connectivity index (χ0) is 12.3. The van der Waals surface area contributed by atoms with Crippen LogP contribution in [0.25, 0.3) is 0 Å². The summed E-state index contributed by atoms with van der Waals surface area (Å²) in [5.41, 5.74) is 0.487. The lowest BCUT2D eigenvalue weighted by molar-refractivity contribution is -0.00850. The molecule has 4 heteroatoms. The molecule has 0 aliphatic carbocycles. The van der Waals surface area contributed by atoms with E-state index >= 15 is 0 Å². The van der Waals surface area contributed by atoms with Crippen LogP contribution in [-0.4, -0.2) is 24.4 Å². The second-order valence-electron chi connectivity index (χ2n) is 4.53. The monoisotopic (exact) mass is 242 g/mol. The van der Waals surface area contributed by atoms with E-state index in [1.165, 1.54) is 12.1 Å². The first-order valence-electron chi connectivity index (χ1n) is 5.86. The van der Waals surface area contributed by atoms with Gasteiger partial charge in [-0.05, 0) is 37.0 Å². The van der Waals surface area contributed by atoms with Crippen LogP contribution in [0.2, 0.25) is 0 Å². The van der Waals surface area contributed by atoms with Crippen molar-refractivity contribution in [1.82, 2.24) is 0 Å². The SMILES string of the molecule is OC(Cc1cc(F)cc(F)c1)C1CCCOC1. The highest BCUT2D eigenvalue weighted by atomic mass is 19.1. The summed E-state index contributed by atoms with van der Waals surface area (Å²) in [7, 11) is 0. The molecule has 1 aromatic carbocycles. The molecule has 0 aromatic heterocycles. The van der Waals surface area contributed by atoms with Gasteiger partial charge in [-0.3, -0.25) is 0 Å². The maximum atomic E-state index is 13.0. The molecule has 0 amide bonds. The molecule has 1 aromatic rings. The highest BCUT2D eigenvalue weighted by Crippen LogP contribution is 2.21. The van der Waals surface area contributed by atoms with Crippen molar-refractivity contribution in [3.8, 4) is 0 Å². The Labute approximate surface area is 99.2 Å². The van der Waals surface area contributed by atoms with Gasteiger partial charge in [0.25, 0.3) is 0 Å². The molecule has 2 atom stereocenters. The van der Waals surface area contributed by atoms with Gasteiger partial charge in [0.15, 0.2) is 0 Å². The van der Waals surface area contributed by atoms with E-state index in [-0.39, 0.29) is 12.3 Å². The van der Waals surface area contributed by atoms with E-state index in [2.05, 4.69) is 0 Å². The van der Waals surface area contributed by atoms with Crippen LogP contribution in [0.15, 0.2) is 18.2 Å². The van der Waals surface area contributed by atoms with Gasteiger partial charge in [0.05, 0.1) is 12.7 Å². The summed E-state index contributed by atoms with van der Waals surface area (Å²) in [6.07, 6.45) is 1.50. The number of halogens is 2. The maximum absolute atomic E-state index is 13.0. The van der Waals surface area contributed by atoms with Crippen molar-refractivity contribution < 1.29 is 18.6 Å². The molecular formula is C13H16F2O2. The second-order valence-corrected chi connectivity index (χ2v) is 4.53. The van der Waals surface area contributed by atoms with Crippen molar-refractivity contribution in [2.75, 3.05) is 13.2 Å². The van der Waals surface area contributed by atoms with Gasteiger partial charge in [-0.2, -0.15) is 0 Å². The van der Waals surface area contributed by atoms with Crippen LogP contribution in [0.5, 0.6) is 0 Å². The lowest BCUT2D eigenvalue weighted by Gasteiger charge is -2.26. The lowest BCUT2D eigenvalue weighted by atomic mass is 9.91. The molecule has 2 nitrogen and oxygen atoms in total. The summed E-state index contributed by atoms with van der Waals surface area (Å²) >= 11 is 0. The van der Waals surface area contributed by atoms with Crippen molar-refractivity contribution >= 4 is 0 Å². The number of ether oxygens (including phenoxy) is 1. The number of hydrogen-bond acceptors (Lipinski definition) is 2. The van der Waals surface area contributed by atoms with Crippen LogP contribution in [0.3, 0.4) is 0 Å². The maximum Gasteiger partial charge on any atom is 0.126 e. The zero-order valence-corrected chi connectivity index (χ0v) is 9.53. The molecule has 2 unspecified atom stereocenters. The van der Waals surface area contributed by atoms with Gasteiger partial charge in [-0.15, -0.1) is 0 Å². The molecule has 1 heterocycles. The topological polar surface area (TPSA) is 29.5 Å². The number of rotatable bonds is 3. The van der Waals surface area contributed by atoms with Crippen LogP contribution >= 0.6 is 0 Å². The Bertz CT molecular complexity index is 355. The van der Waals surface area contributed by atoms with E-state index in [1.54, 1.807) is 0 Å². The number of benzene rings is 1. The Morgan fingerprint density at radius 3 is 2.59 bits per heavy atom. The van der Waals surface area contributed by atoms with Crippen molar-refractivity contribution in [1.29, 1.82) is 0 Å². The molecule has 0 radical (unpaired) electrons. The summed E-state index contributed by atoms with van der Waals surface area (Å²) in [5, 5.41) is 9.98. The fourth-order valence-corrected chi connectivity index (χ4v) is 2.21. The molecule has 1 saturated heterocycles. The predicted octanol–water partition coefficient (Wildman–Crippen LogP) is 2.29. The zero-order valence-electron chi connectivity index (χ0n) is 9.53. The highest BCUT2D eigenvalue weighted by molar-refractivity contribution is 5.18. The van der Waals surface area contributed by atoms with Gasteiger partial charge in [0.2, 0.25) is 0 Å². The number of aliphatic hydroxyl groups is 1. The van der Waals surface area contributed by atoms with Gasteiger partial charge in [0, 0.05) is 18.6 Å². The highest BCUT2D eigenvalue weighted by Gasteiger charge is 2.22. The third-order valence-corrected chi connectivity index (χ3v) is 3.11. The molecule has 0 saturated carbocycles. The summed E-state index contributed by atoms with van der Waals surface area (Å²) in [5.74, 6) is -1.14. The van der Waals surface area contributed by atoms with E-state index in [0.29, 0.717) is 12.2 Å². The molecule has 1 aliphatic heterocycles. The average molecular weight is 242 g/mol. The molecule has 17 heavy (non-hydrogen) atoms. The first kappa shape index (κ1) is 12.5. The van der Waals surface area contributed by atoms with E-state index in [0.717, 1.165) is 25.5 Å². The van der Waals surface area contributed by atoms with Crippen molar-refractivity contribution in [3.05, 3.63) is 35.4 Å². The molecule has 1 N–H and O–H groups in total. The molecular weight excluding hydrogens is 226 g/mol. The smallest absolute Gasteiger partial charge is 0.126 e. The Kier molecular flexibility index (Phi) is 4.07. The molecule has 1 aliphatic rings. The Hall–Kier alpha value is -1.00. The fraction of sp³-hybridized carbons (Fsp3) is 0.538. The van der Waals surface area contributed by atoms with Crippen molar-refractivity contribution in [3.63, 3.8) is 0 Å². The van der Waals surface area contributed by atoms with Crippen molar-refractivity contribution in [2.24, 2.45) is 5.92 Å². The quantitative estimate of drug-likeness (QED) is 0.881. The fourth-order valence-electron chi connectivity index (χ4n) is 2.21. The number of aliphatic hydroxyl groups excluding tert-OH is 1. The van der Waals surface area contributed by atoms with Gasteiger partial charge in [-0.1, -0.05) is 0 Å². The van der Waals surface area contributed by atoms with E-state index in [4.69, 9.17) is 4.74 Å². The van der Waals surface area contributed by atoms with E-state index < -0.39 is 17.7 Å². The Morgan fingerprint density at radius 1 is 1.29 bits per heavy atom. The summed E-state index contributed by atoms with van der Waals surface area (Å²) in [6.45, 7) is 1.26. The first-order chi connectivity index (χ1) is 8.15. The van der Waals surface area contributed by atoms with Crippen LogP contribution in [-0.2, 0) is 11.2 Å². The molecule has 1 fully saturated rings. The van der Waals surface area contributed by atoms with Gasteiger partial charge in [-0.25, -0.2) is 8.78 Å². The van der Waals surface area contributed by atoms with Crippen molar-refractivity contribution in [2.45, 2.75) is 25.4 Å². The minimum absolute atomic E-state index is 0.0649. The predicted molar refractivity (Wildman–Crippen MR) is 59.6 cm³/mol. The second kappa shape index (κ2) is 5.56. The normalized spacial score (nSPS) is 22.4. The van der Waals surface area contributed by atoms with Crippen LogP contribution in [0, 0.1) is 17.6 Å². The lowest BCUT2D eigenvalue weighted by Crippen LogP contribution is -2.30. The van der Waals surface area contributed by atoms with Gasteiger partial charge < -0.3 is 9.84 Å².